The number of ether oxygens (including phenoxy) is 1. The molecule has 0 amide bonds. The number of amidine groups is 1. The summed E-state index contributed by atoms with van der Waals surface area (Å²) in [5.74, 6) is 6.62. The zero-order valence-electron chi connectivity index (χ0n) is 9.56. The van der Waals surface area contributed by atoms with E-state index in [0.29, 0.717) is 11.1 Å². The van der Waals surface area contributed by atoms with E-state index in [4.69, 9.17) is 16.3 Å². The molecule has 2 unspecified atom stereocenters. The van der Waals surface area contributed by atoms with Gasteiger partial charge >= 0.3 is 0 Å². The lowest BCUT2D eigenvalue weighted by atomic mass is 9.93. The maximum Gasteiger partial charge on any atom is 0.128 e. The highest BCUT2D eigenvalue weighted by Gasteiger charge is 2.26. The Morgan fingerprint density at radius 1 is 1.62 bits per heavy atom. The zero-order valence-corrected chi connectivity index (χ0v) is 10.4. The van der Waals surface area contributed by atoms with Crippen LogP contribution in [0, 0.1) is 5.92 Å². The summed E-state index contributed by atoms with van der Waals surface area (Å²) in [5.41, 5.74) is 7.99. The molecule has 0 fully saturated rings. The number of nitrogens with one attached hydrogen (secondary N) is 2. The Bertz CT molecular complexity index is 281. The summed E-state index contributed by atoms with van der Waals surface area (Å²) >= 11 is 1.65. The summed E-state index contributed by atoms with van der Waals surface area (Å²) in [7, 11) is 3.57. The quantitative estimate of drug-likeness (QED) is 0.177. The number of hydrogen-bond acceptors (Lipinski definition) is 6. The summed E-state index contributed by atoms with van der Waals surface area (Å²) in [6.07, 6.45) is 3.95. The van der Waals surface area contributed by atoms with Gasteiger partial charge in [-0.3, -0.25) is 4.72 Å². The molecule has 1 aliphatic rings. The van der Waals surface area contributed by atoms with E-state index >= 15 is 0 Å². The number of hydrazine groups is 1. The Kier molecular flexibility index (Phi) is 5.44. The number of hydrogen-bond donors (Lipinski definition) is 4. The van der Waals surface area contributed by atoms with E-state index in [1.54, 1.807) is 19.1 Å². The summed E-state index contributed by atoms with van der Waals surface area (Å²) < 4.78 is 8.43. The second kappa shape index (κ2) is 6.62. The van der Waals surface area contributed by atoms with Gasteiger partial charge in [-0.25, -0.2) is 11.4 Å². The minimum absolute atomic E-state index is 0.0970. The van der Waals surface area contributed by atoms with Gasteiger partial charge in [0.05, 0.1) is 12.4 Å². The van der Waals surface area contributed by atoms with Crippen LogP contribution in [0.5, 0.6) is 0 Å². The second-order valence-electron chi connectivity index (χ2n) is 3.43. The fraction of sp³-hybridized carbons (Fsp3) is 0.667. The summed E-state index contributed by atoms with van der Waals surface area (Å²) in [6, 6.07) is 0. The first-order valence-electron chi connectivity index (χ1n) is 5.09. The second-order valence-corrected chi connectivity index (χ2v) is 4.65. The molecule has 0 saturated carbocycles. The molecule has 2 atom stereocenters. The Morgan fingerprint density at radius 3 is 2.94 bits per heavy atom. The van der Waals surface area contributed by atoms with Crippen molar-refractivity contribution in [3.8, 4) is 0 Å². The lowest BCUT2D eigenvalue weighted by molar-refractivity contribution is 0.266. The van der Waals surface area contributed by atoms with Gasteiger partial charge in [0.2, 0.25) is 0 Å². The van der Waals surface area contributed by atoms with E-state index < -0.39 is 0 Å². The van der Waals surface area contributed by atoms with E-state index in [1.807, 2.05) is 13.1 Å². The van der Waals surface area contributed by atoms with Gasteiger partial charge in [0, 0.05) is 5.92 Å². The predicted molar refractivity (Wildman–Crippen MR) is 67.2 cm³/mol. The number of nitrogens with two attached hydrogens (primary N) is 2. The molecule has 0 heterocycles. The Balaban J connectivity index is 2.73. The molecule has 16 heavy (non-hydrogen) atoms. The third kappa shape index (κ3) is 3.29. The van der Waals surface area contributed by atoms with Gasteiger partial charge in [-0.1, -0.05) is 11.9 Å². The average Bonchev–Trinajstić information content (AvgIpc) is 2.30. The Morgan fingerprint density at radius 2 is 2.38 bits per heavy atom. The zero-order chi connectivity index (χ0) is 12.0. The van der Waals surface area contributed by atoms with Gasteiger partial charge in [-0.2, -0.15) is 5.10 Å². The normalized spacial score (nSPS) is 26.2. The van der Waals surface area contributed by atoms with Crippen LogP contribution >= 0.6 is 11.9 Å². The minimum atomic E-state index is 0.0970. The molecule has 0 aromatic rings. The van der Waals surface area contributed by atoms with Gasteiger partial charge in [0.25, 0.3) is 0 Å². The van der Waals surface area contributed by atoms with Crippen molar-refractivity contribution in [2.45, 2.75) is 18.1 Å². The highest BCUT2D eigenvalue weighted by molar-refractivity contribution is 7.98. The van der Waals surface area contributed by atoms with E-state index in [-0.39, 0.29) is 5.92 Å². The van der Waals surface area contributed by atoms with E-state index in [0.717, 1.165) is 18.6 Å². The third-order valence-corrected chi connectivity index (χ3v) is 3.48. The molecule has 6 N–H and O–H groups in total. The van der Waals surface area contributed by atoms with Crippen molar-refractivity contribution >= 4 is 17.8 Å². The molecule has 0 radical (unpaired) electrons. The summed E-state index contributed by atoms with van der Waals surface area (Å²) in [5, 5.41) is 4.13. The van der Waals surface area contributed by atoms with Crippen LogP contribution in [-0.4, -0.2) is 25.2 Å². The van der Waals surface area contributed by atoms with Gasteiger partial charge in [-0.15, -0.1) is 0 Å². The van der Waals surface area contributed by atoms with E-state index in [2.05, 4.69) is 15.4 Å². The van der Waals surface area contributed by atoms with Crippen molar-refractivity contribution in [1.82, 2.24) is 10.3 Å². The first kappa shape index (κ1) is 13.1. The van der Waals surface area contributed by atoms with Crippen LogP contribution in [0.25, 0.3) is 0 Å². The van der Waals surface area contributed by atoms with Crippen molar-refractivity contribution in [3.05, 3.63) is 11.8 Å². The number of nitrogens with zero attached hydrogens (tertiary/aromatic N) is 1. The van der Waals surface area contributed by atoms with E-state index in [9.17, 15) is 0 Å². The minimum Gasteiger partial charge on any atom is -0.500 e. The smallest absolute Gasteiger partial charge is 0.128 e. The fourth-order valence-electron chi connectivity index (χ4n) is 1.71. The van der Waals surface area contributed by atoms with Gasteiger partial charge in [0.15, 0.2) is 0 Å². The SMILES string of the molecule is CNSC1CCC(/C(N)=N/NN)C=C1OC. The maximum atomic E-state index is 5.78. The van der Waals surface area contributed by atoms with Crippen LogP contribution in [0.1, 0.15) is 12.8 Å². The van der Waals surface area contributed by atoms with Crippen LogP contribution in [0.3, 0.4) is 0 Å². The molecule has 0 aromatic carbocycles. The first-order chi connectivity index (χ1) is 7.72. The fourth-order valence-corrected chi connectivity index (χ4v) is 2.54. The summed E-state index contributed by atoms with van der Waals surface area (Å²) in [4.78, 5) is 0. The van der Waals surface area contributed by atoms with Crippen molar-refractivity contribution in [3.63, 3.8) is 0 Å². The number of rotatable bonds is 5. The molecule has 0 bridgehead atoms. The first-order valence-corrected chi connectivity index (χ1v) is 5.97. The largest absolute Gasteiger partial charge is 0.500 e. The van der Waals surface area contributed by atoms with E-state index in [1.165, 1.54) is 0 Å². The van der Waals surface area contributed by atoms with Crippen molar-refractivity contribution < 1.29 is 4.74 Å². The topological polar surface area (TPSA) is 97.7 Å². The highest BCUT2D eigenvalue weighted by atomic mass is 32.2. The van der Waals surface area contributed by atoms with Crippen LogP contribution < -0.4 is 21.8 Å². The molecular formula is C9H19N5OS. The maximum absolute atomic E-state index is 5.78. The summed E-state index contributed by atoms with van der Waals surface area (Å²) in [6.45, 7) is 0. The molecule has 0 spiro atoms. The number of hydrazone groups is 1. The van der Waals surface area contributed by atoms with Gasteiger partial charge in [-0.05, 0) is 26.0 Å². The predicted octanol–water partition coefficient (Wildman–Crippen LogP) is -0.102. The molecule has 0 aromatic heterocycles. The third-order valence-electron chi connectivity index (χ3n) is 2.49. The molecule has 7 heteroatoms. The highest BCUT2D eigenvalue weighted by Crippen LogP contribution is 2.30. The number of methoxy groups -OCH3 is 1. The molecule has 92 valence electrons. The van der Waals surface area contributed by atoms with Gasteiger partial charge < -0.3 is 10.5 Å². The molecule has 1 rings (SSSR count). The standard InChI is InChI=1S/C9H19N5OS/c1-12-16-8-4-3-6(5-7(8)15-2)9(10)13-14-11/h5-6,8,12,14H,3-4,11H2,1-2H3,(H2,10,13). The molecule has 0 aliphatic heterocycles. The van der Waals surface area contributed by atoms with Gasteiger partial charge in [0.1, 0.15) is 11.6 Å². The van der Waals surface area contributed by atoms with Crippen molar-refractivity contribution in [1.29, 1.82) is 0 Å². The van der Waals surface area contributed by atoms with Crippen LogP contribution in [0.4, 0.5) is 0 Å². The monoisotopic (exact) mass is 245 g/mol. The lowest BCUT2D eigenvalue weighted by Gasteiger charge is -2.26. The van der Waals surface area contributed by atoms with Crippen LogP contribution in [0.2, 0.25) is 0 Å². The average molecular weight is 245 g/mol. The van der Waals surface area contributed by atoms with Crippen molar-refractivity contribution in [2.24, 2.45) is 22.6 Å². The van der Waals surface area contributed by atoms with Crippen LogP contribution in [-0.2, 0) is 4.74 Å². The Hall–Kier alpha value is -0.920. The molecular weight excluding hydrogens is 226 g/mol. The van der Waals surface area contributed by atoms with Crippen molar-refractivity contribution in [2.75, 3.05) is 14.2 Å². The molecule has 0 saturated heterocycles. The molecule has 1 aliphatic carbocycles. The van der Waals surface area contributed by atoms with Crippen LogP contribution in [0.15, 0.2) is 16.9 Å². The Labute approximate surface area is 100.0 Å². The molecule has 6 nitrogen and oxygen atoms in total. The lowest BCUT2D eigenvalue weighted by Crippen LogP contribution is -2.31.